The Kier molecular flexibility index (Phi) is 6.52. The van der Waals surface area contributed by atoms with Gasteiger partial charge in [-0.2, -0.15) is 11.3 Å². The van der Waals surface area contributed by atoms with Crippen LogP contribution in [0.1, 0.15) is 46.2 Å². The van der Waals surface area contributed by atoms with E-state index in [1.54, 1.807) is 35.6 Å². The maximum absolute atomic E-state index is 12.4. The van der Waals surface area contributed by atoms with Crippen molar-refractivity contribution < 1.29 is 9.59 Å². The summed E-state index contributed by atoms with van der Waals surface area (Å²) in [4.78, 5) is 25.8. The van der Waals surface area contributed by atoms with E-state index < -0.39 is 5.91 Å². The minimum atomic E-state index is -0.499. The highest BCUT2D eigenvalue weighted by atomic mass is 32.1. The minimum absolute atomic E-state index is 0.153. The topological polar surface area (TPSA) is 75.4 Å². The van der Waals surface area contributed by atoms with E-state index in [4.69, 9.17) is 5.73 Å². The van der Waals surface area contributed by atoms with Gasteiger partial charge in [-0.15, -0.1) is 0 Å². The molecule has 3 N–H and O–H groups in total. The molecule has 1 unspecified atom stereocenters. The molecule has 24 heavy (non-hydrogen) atoms. The second-order valence-corrected chi connectivity index (χ2v) is 6.23. The molecule has 2 amide bonds. The highest BCUT2D eigenvalue weighted by Crippen LogP contribution is 2.22. The van der Waals surface area contributed by atoms with Gasteiger partial charge in [-0.1, -0.05) is 13.8 Å². The number of amides is 2. The number of benzene rings is 1. The molecule has 1 aromatic heterocycles. The van der Waals surface area contributed by atoms with Crippen LogP contribution in [0.25, 0.3) is 0 Å². The molecule has 1 heterocycles. The largest absolute Gasteiger partial charge is 0.366 e. The van der Waals surface area contributed by atoms with Crippen LogP contribution in [-0.4, -0.2) is 36.3 Å². The van der Waals surface area contributed by atoms with Crippen molar-refractivity contribution in [3.63, 3.8) is 0 Å². The van der Waals surface area contributed by atoms with E-state index in [-0.39, 0.29) is 11.9 Å². The Morgan fingerprint density at radius 2 is 1.75 bits per heavy atom. The Morgan fingerprint density at radius 3 is 2.25 bits per heavy atom. The molecule has 0 saturated heterocycles. The fourth-order valence-electron chi connectivity index (χ4n) is 2.66. The fourth-order valence-corrected chi connectivity index (χ4v) is 3.37. The normalized spacial score (nSPS) is 12.1. The number of likely N-dealkylation sites (N-methyl/N-ethyl adjacent to an activating group) is 1. The molecule has 6 heteroatoms. The molecule has 0 aliphatic carbocycles. The molecular formula is C18H23N3O2S. The molecule has 0 bridgehead atoms. The number of thiophene rings is 1. The highest BCUT2D eigenvalue weighted by Gasteiger charge is 2.19. The van der Waals surface area contributed by atoms with Crippen LogP contribution in [0.2, 0.25) is 0 Å². The van der Waals surface area contributed by atoms with Gasteiger partial charge in [0.05, 0.1) is 6.04 Å². The minimum Gasteiger partial charge on any atom is -0.366 e. The molecular weight excluding hydrogens is 322 g/mol. The molecule has 0 saturated carbocycles. The summed E-state index contributed by atoms with van der Waals surface area (Å²) < 4.78 is 0. The zero-order valence-electron chi connectivity index (χ0n) is 14.0. The molecule has 0 aliphatic heterocycles. The summed E-state index contributed by atoms with van der Waals surface area (Å²) >= 11 is 1.66. The van der Waals surface area contributed by atoms with Crippen LogP contribution in [0.15, 0.2) is 41.1 Å². The lowest BCUT2D eigenvalue weighted by Crippen LogP contribution is -2.37. The van der Waals surface area contributed by atoms with Crippen LogP contribution >= 0.6 is 11.3 Å². The number of primary amides is 1. The molecule has 0 fully saturated rings. The molecule has 1 aromatic carbocycles. The van der Waals surface area contributed by atoms with Crippen molar-refractivity contribution in [3.05, 3.63) is 57.8 Å². The Morgan fingerprint density at radius 1 is 1.12 bits per heavy atom. The number of nitrogens with one attached hydrogen (secondary N) is 1. The monoisotopic (exact) mass is 345 g/mol. The molecule has 5 nitrogen and oxygen atoms in total. The van der Waals surface area contributed by atoms with Gasteiger partial charge in [-0.05, 0) is 59.7 Å². The first kappa shape index (κ1) is 18.2. The third-order valence-corrected chi connectivity index (χ3v) is 4.77. The smallest absolute Gasteiger partial charge is 0.251 e. The maximum Gasteiger partial charge on any atom is 0.251 e. The van der Waals surface area contributed by atoms with Crippen molar-refractivity contribution in [1.82, 2.24) is 10.2 Å². The Bertz CT molecular complexity index is 664. The van der Waals surface area contributed by atoms with Gasteiger partial charge >= 0.3 is 0 Å². The van der Waals surface area contributed by atoms with Crippen molar-refractivity contribution in [3.8, 4) is 0 Å². The predicted octanol–water partition coefficient (Wildman–Crippen LogP) is 2.66. The third-order valence-electron chi connectivity index (χ3n) is 4.07. The van der Waals surface area contributed by atoms with Gasteiger partial charge in [0.15, 0.2) is 0 Å². The first-order valence-corrected chi connectivity index (χ1v) is 8.95. The zero-order chi connectivity index (χ0) is 17.5. The Labute approximate surface area is 146 Å². The van der Waals surface area contributed by atoms with E-state index in [9.17, 15) is 9.59 Å². The van der Waals surface area contributed by atoms with Gasteiger partial charge in [0.25, 0.3) is 5.91 Å². The summed E-state index contributed by atoms with van der Waals surface area (Å²) in [5, 5.41) is 7.17. The molecule has 2 rings (SSSR count). The average Bonchev–Trinajstić information content (AvgIpc) is 3.12. The molecule has 0 aliphatic rings. The number of hydrogen-bond donors (Lipinski definition) is 2. The van der Waals surface area contributed by atoms with Crippen molar-refractivity contribution in [2.75, 3.05) is 19.6 Å². The van der Waals surface area contributed by atoms with E-state index >= 15 is 0 Å². The van der Waals surface area contributed by atoms with Crippen LogP contribution in [0.4, 0.5) is 0 Å². The number of carbonyl (C=O) groups is 2. The number of rotatable bonds is 8. The highest BCUT2D eigenvalue weighted by molar-refractivity contribution is 7.07. The SMILES string of the molecule is CCN(CC)C(CNC(=O)c1ccc(C(N)=O)cc1)c1ccsc1. The van der Waals surface area contributed by atoms with Crippen molar-refractivity contribution >= 4 is 23.2 Å². The molecule has 1 atom stereocenters. The molecule has 128 valence electrons. The summed E-state index contributed by atoms with van der Waals surface area (Å²) in [6, 6.07) is 8.62. The maximum atomic E-state index is 12.4. The van der Waals surface area contributed by atoms with Crippen LogP contribution in [0.5, 0.6) is 0 Å². The second kappa shape index (κ2) is 8.61. The fraction of sp³-hybridized carbons (Fsp3) is 0.333. The summed E-state index contributed by atoms with van der Waals surface area (Å²) in [6.45, 7) is 6.61. The van der Waals surface area contributed by atoms with Gasteiger partial charge < -0.3 is 11.1 Å². The quantitative estimate of drug-likeness (QED) is 0.772. The number of hydrogen-bond acceptors (Lipinski definition) is 4. The Balaban J connectivity index is 2.05. The van der Waals surface area contributed by atoms with Gasteiger partial charge in [0.1, 0.15) is 0 Å². The molecule has 2 aromatic rings. The van der Waals surface area contributed by atoms with Crippen LogP contribution in [0.3, 0.4) is 0 Å². The summed E-state index contributed by atoms with van der Waals surface area (Å²) in [7, 11) is 0. The number of carbonyl (C=O) groups excluding carboxylic acids is 2. The molecule has 0 spiro atoms. The summed E-state index contributed by atoms with van der Waals surface area (Å²) in [5.74, 6) is -0.653. The standard InChI is InChI=1S/C18H23N3O2S/c1-3-21(4-2)16(15-9-10-24-12-15)11-20-18(23)14-7-5-13(6-8-14)17(19)22/h5-10,12,16H,3-4,11H2,1-2H3,(H2,19,22)(H,20,23). The van der Waals surface area contributed by atoms with Gasteiger partial charge in [0, 0.05) is 17.7 Å². The summed E-state index contributed by atoms with van der Waals surface area (Å²) in [6.07, 6.45) is 0. The van der Waals surface area contributed by atoms with Crippen LogP contribution < -0.4 is 11.1 Å². The molecule has 0 radical (unpaired) electrons. The second-order valence-electron chi connectivity index (χ2n) is 5.45. The lowest BCUT2D eigenvalue weighted by Gasteiger charge is -2.29. The number of nitrogens with zero attached hydrogens (tertiary/aromatic N) is 1. The lowest BCUT2D eigenvalue weighted by atomic mass is 10.1. The van der Waals surface area contributed by atoms with Crippen molar-refractivity contribution in [2.24, 2.45) is 5.73 Å². The van der Waals surface area contributed by atoms with E-state index in [1.807, 2.05) is 0 Å². The van der Waals surface area contributed by atoms with E-state index in [2.05, 4.69) is 40.9 Å². The van der Waals surface area contributed by atoms with Gasteiger partial charge in [0.2, 0.25) is 5.91 Å². The predicted molar refractivity (Wildman–Crippen MR) is 97.3 cm³/mol. The van der Waals surface area contributed by atoms with Crippen molar-refractivity contribution in [1.29, 1.82) is 0 Å². The number of nitrogens with two attached hydrogens (primary N) is 1. The van der Waals surface area contributed by atoms with E-state index in [0.717, 1.165) is 13.1 Å². The zero-order valence-corrected chi connectivity index (χ0v) is 14.8. The van der Waals surface area contributed by atoms with E-state index in [0.29, 0.717) is 17.7 Å². The van der Waals surface area contributed by atoms with Crippen LogP contribution in [-0.2, 0) is 0 Å². The average molecular weight is 345 g/mol. The van der Waals surface area contributed by atoms with Crippen molar-refractivity contribution in [2.45, 2.75) is 19.9 Å². The summed E-state index contributed by atoms with van der Waals surface area (Å²) in [5.41, 5.74) is 7.34. The van der Waals surface area contributed by atoms with E-state index in [1.165, 1.54) is 5.56 Å². The lowest BCUT2D eigenvalue weighted by molar-refractivity contribution is 0.0933. The first-order valence-electron chi connectivity index (χ1n) is 8.01. The van der Waals surface area contributed by atoms with Gasteiger partial charge in [-0.25, -0.2) is 0 Å². The van der Waals surface area contributed by atoms with Crippen LogP contribution in [0, 0.1) is 0 Å². The first-order chi connectivity index (χ1) is 11.6. The van der Waals surface area contributed by atoms with Gasteiger partial charge in [-0.3, -0.25) is 14.5 Å². The Hall–Kier alpha value is -2.18. The third kappa shape index (κ3) is 4.43.